The number of rotatable bonds is 3. The predicted molar refractivity (Wildman–Crippen MR) is 54.1 cm³/mol. The molecular weight excluding hydrogens is 150 g/mol. The van der Waals surface area contributed by atoms with Crippen LogP contribution in [0.4, 0.5) is 0 Å². The number of hydrogen-bond donors (Lipinski definition) is 1. The summed E-state index contributed by atoms with van der Waals surface area (Å²) in [4.78, 5) is 10.5. The standard InChI is InChI=1S/C6H13NO.C4H10/c1-3-5-7-6(8)4-2;1-4(2)3/h3-5H2,1-2H3,(H,7,8);4H,1-3H3. The van der Waals surface area contributed by atoms with Gasteiger partial charge in [0.25, 0.3) is 0 Å². The predicted octanol–water partition coefficient (Wildman–Crippen LogP) is 2.58. The van der Waals surface area contributed by atoms with Gasteiger partial charge in [0.05, 0.1) is 0 Å². The van der Waals surface area contributed by atoms with Crippen molar-refractivity contribution in [3.63, 3.8) is 0 Å². The van der Waals surface area contributed by atoms with E-state index in [2.05, 4.69) is 26.1 Å². The maximum absolute atomic E-state index is 10.5. The first-order valence-corrected chi connectivity index (χ1v) is 4.81. The zero-order valence-corrected chi connectivity index (χ0v) is 9.11. The van der Waals surface area contributed by atoms with Crippen LogP contribution >= 0.6 is 0 Å². The average molecular weight is 173 g/mol. The molecule has 0 aromatic rings. The molecule has 0 radical (unpaired) electrons. The fourth-order valence-corrected chi connectivity index (χ4v) is 0.389. The van der Waals surface area contributed by atoms with Crippen molar-refractivity contribution in [1.82, 2.24) is 5.32 Å². The minimum absolute atomic E-state index is 0.145. The Balaban J connectivity index is 0. The Hall–Kier alpha value is -0.530. The fraction of sp³-hybridized carbons (Fsp3) is 0.900. The third-order valence-corrected chi connectivity index (χ3v) is 0.893. The van der Waals surface area contributed by atoms with Gasteiger partial charge in [0.2, 0.25) is 5.91 Å². The lowest BCUT2D eigenvalue weighted by Crippen LogP contribution is -2.22. The van der Waals surface area contributed by atoms with E-state index in [0.29, 0.717) is 6.42 Å². The first-order chi connectivity index (χ1) is 5.54. The summed E-state index contributed by atoms with van der Waals surface area (Å²) in [6.45, 7) is 11.2. The van der Waals surface area contributed by atoms with Crippen molar-refractivity contribution in [3.05, 3.63) is 0 Å². The minimum Gasteiger partial charge on any atom is -0.356 e. The summed E-state index contributed by atoms with van der Waals surface area (Å²) < 4.78 is 0. The molecule has 2 nitrogen and oxygen atoms in total. The molecule has 74 valence electrons. The van der Waals surface area contributed by atoms with Gasteiger partial charge in [-0.25, -0.2) is 0 Å². The maximum atomic E-state index is 10.5. The molecule has 0 aromatic carbocycles. The average Bonchev–Trinajstić information content (AvgIpc) is 1.99. The van der Waals surface area contributed by atoms with E-state index in [9.17, 15) is 4.79 Å². The van der Waals surface area contributed by atoms with Gasteiger partial charge >= 0.3 is 0 Å². The summed E-state index contributed by atoms with van der Waals surface area (Å²) in [5, 5.41) is 2.74. The second kappa shape index (κ2) is 10.5. The third kappa shape index (κ3) is 22.7. The molecule has 1 amide bonds. The lowest BCUT2D eigenvalue weighted by molar-refractivity contribution is -0.120. The maximum Gasteiger partial charge on any atom is 0.219 e. The van der Waals surface area contributed by atoms with Crippen LogP contribution in [-0.2, 0) is 4.79 Å². The molecule has 2 heteroatoms. The highest BCUT2D eigenvalue weighted by Crippen LogP contribution is 1.81. The molecule has 0 saturated heterocycles. The third-order valence-electron chi connectivity index (χ3n) is 0.893. The van der Waals surface area contributed by atoms with Gasteiger partial charge in [0.1, 0.15) is 0 Å². The highest BCUT2D eigenvalue weighted by molar-refractivity contribution is 5.75. The van der Waals surface area contributed by atoms with Crippen molar-refractivity contribution >= 4 is 5.91 Å². The van der Waals surface area contributed by atoms with Crippen LogP contribution in [0.25, 0.3) is 0 Å². The molecule has 0 fully saturated rings. The molecule has 1 N–H and O–H groups in total. The van der Waals surface area contributed by atoms with Crippen molar-refractivity contribution in [1.29, 1.82) is 0 Å². The zero-order chi connectivity index (χ0) is 9.98. The number of carbonyl (C=O) groups is 1. The lowest BCUT2D eigenvalue weighted by atomic mass is 10.3. The topological polar surface area (TPSA) is 29.1 Å². The van der Waals surface area contributed by atoms with Crippen LogP contribution in [0.15, 0.2) is 0 Å². The second-order valence-electron chi connectivity index (χ2n) is 3.44. The summed E-state index contributed by atoms with van der Waals surface area (Å²) in [5.74, 6) is 0.979. The molecule has 0 aliphatic heterocycles. The summed E-state index contributed by atoms with van der Waals surface area (Å²) in [5.41, 5.74) is 0. The van der Waals surface area contributed by atoms with Crippen LogP contribution in [0.5, 0.6) is 0 Å². The number of hydrogen-bond acceptors (Lipinski definition) is 1. The van der Waals surface area contributed by atoms with Gasteiger partial charge in [0.15, 0.2) is 0 Å². The molecular formula is C10H23NO. The largest absolute Gasteiger partial charge is 0.356 e. The summed E-state index contributed by atoms with van der Waals surface area (Å²) in [7, 11) is 0. The molecule has 0 aromatic heterocycles. The van der Waals surface area contributed by atoms with Crippen LogP contribution in [0.3, 0.4) is 0 Å². The normalized spacial score (nSPS) is 8.83. The Kier molecular flexibility index (Phi) is 12.2. The highest BCUT2D eigenvalue weighted by Gasteiger charge is 1.90. The van der Waals surface area contributed by atoms with Gasteiger partial charge < -0.3 is 5.32 Å². The van der Waals surface area contributed by atoms with E-state index in [-0.39, 0.29) is 5.91 Å². The van der Waals surface area contributed by atoms with E-state index < -0.39 is 0 Å². The Morgan fingerprint density at radius 1 is 1.25 bits per heavy atom. The van der Waals surface area contributed by atoms with E-state index >= 15 is 0 Å². The van der Waals surface area contributed by atoms with E-state index in [1.165, 1.54) is 0 Å². The van der Waals surface area contributed by atoms with Crippen molar-refractivity contribution in [2.75, 3.05) is 6.54 Å². The van der Waals surface area contributed by atoms with E-state index in [4.69, 9.17) is 0 Å². The molecule has 0 aliphatic carbocycles. The van der Waals surface area contributed by atoms with Crippen molar-refractivity contribution in [2.45, 2.75) is 47.5 Å². The van der Waals surface area contributed by atoms with Gasteiger partial charge in [-0.1, -0.05) is 34.6 Å². The molecule has 0 saturated carbocycles. The van der Waals surface area contributed by atoms with Gasteiger partial charge in [-0.2, -0.15) is 0 Å². The molecule has 0 atom stereocenters. The monoisotopic (exact) mass is 173 g/mol. The van der Waals surface area contributed by atoms with Crippen LogP contribution in [0.1, 0.15) is 47.5 Å². The van der Waals surface area contributed by atoms with Crippen LogP contribution in [-0.4, -0.2) is 12.5 Å². The van der Waals surface area contributed by atoms with E-state index in [1.54, 1.807) is 0 Å². The van der Waals surface area contributed by atoms with Crippen molar-refractivity contribution in [3.8, 4) is 0 Å². The Labute approximate surface area is 76.7 Å². The molecule has 0 unspecified atom stereocenters. The molecule has 0 spiro atoms. The van der Waals surface area contributed by atoms with Crippen LogP contribution in [0, 0.1) is 5.92 Å². The summed E-state index contributed by atoms with van der Waals surface area (Å²) >= 11 is 0. The molecule has 0 rings (SSSR count). The lowest BCUT2D eigenvalue weighted by Gasteiger charge is -1.97. The number of nitrogens with one attached hydrogen (secondary N) is 1. The van der Waals surface area contributed by atoms with Gasteiger partial charge in [0, 0.05) is 13.0 Å². The number of carbonyl (C=O) groups excluding carboxylic acids is 1. The molecule has 12 heavy (non-hydrogen) atoms. The van der Waals surface area contributed by atoms with Crippen LogP contribution < -0.4 is 5.32 Å². The molecule has 0 heterocycles. The van der Waals surface area contributed by atoms with E-state index in [1.807, 2.05) is 13.8 Å². The quantitative estimate of drug-likeness (QED) is 0.698. The second-order valence-corrected chi connectivity index (χ2v) is 3.44. The fourth-order valence-electron chi connectivity index (χ4n) is 0.389. The van der Waals surface area contributed by atoms with Crippen LogP contribution in [0.2, 0.25) is 0 Å². The van der Waals surface area contributed by atoms with Gasteiger partial charge in [-0.3, -0.25) is 4.79 Å². The molecule has 0 bridgehead atoms. The molecule has 0 aliphatic rings. The van der Waals surface area contributed by atoms with Crippen molar-refractivity contribution < 1.29 is 4.79 Å². The Bertz CT molecular complexity index is 97.3. The minimum atomic E-state index is 0.145. The highest BCUT2D eigenvalue weighted by atomic mass is 16.1. The number of amides is 1. The Morgan fingerprint density at radius 3 is 1.92 bits per heavy atom. The SMILES string of the molecule is CC(C)C.CCCNC(=O)CC. The van der Waals surface area contributed by atoms with E-state index in [0.717, 1.165) is 18.9 Å². The zero-order valence-electron chi connectivity index (χ0n) is 9.11. The first-order valence-electron chi connectivity index (χ1n) is 4.81. The van der Waals surface area contributed by atoms with Gasteiger partial charge in [-0.05, 0) is 12.3 Å². The van der Waals surface area contributed by atoms with Crippen molar-refractivity contribution in [2.24, 2.45) is 5.92 Å². The van der Waals surface area contributed by atoms with Gasteiger partial charge in [-0.15, -0.1) is 0 Å². The first kappa shape index (κ1) is 14.0. The smallest absolute Gasteiger partial charge is 0.219 e. The summed E-state index contributed by atoms with van der Waals surface area (Å²) in [6.07, 6.45) is 1.62. The summed E-state index contributed by atoms with van der Waals surface area (Å²) in [6, 6.07) is 0. The Morgan fingerprint density at radius 2 is 1.67 bits per heavy atom.